The molecule has 3 rings (SSSR count). The Hall–Kier alpha value is -2.09. The zero-order valence-electron chi connectivity index (χ0n) is 9.90. The minimum atomic E-state index is 0.700. The van der Waals surface area contributed by atoms with Crippen LogP contribution in [-0.4, -0.2) is 4.98 Å². The summed E-state index contributed by atoms with van der Waals surface area (Å²) in [6.07, 6.45) is 0. The van der Waals surface area contributed by atoms with Crippen LogP contribution in [0.15, 0.2) is 46.9 Å². The Kier molecular flexibility index (Phi) is 2.22. The molecular weight excluding hydrogens is 210 g/mol. The van der Waals surface area contributed by atoms with Gasteiger partial charge in [-0.1, -0.05) is 30.3 Å². The highest BCUT2D eigenvalue weighted by molar-refractivity contribution is 5.86. The van der Waals surface area contributed by atoms with Gasteiger partial charge in [-0.2, -0.15) is 0 Å². The van der Waals surface area contributed by atoms with Crippen molar-refractivity contribution < 1.29 is 4.42 Å². The number of hydrogen-bond donors (Lipinski definition) is 0. The molecule has 1 heterocycles. The highest BCUT2D eigenvalue weighted by Gasteiger charge is 2.08. The third-order valence-electron chi connectivity index (χ3n) is 3.02. The Bertz CT molecular complexity index is 663. The van der Waals surface area contributed by atoms with Gasteiger partial charge in [0.25, 0.3) is 0 Å². The molecule has 3 aromatic rings. The average Bonchev–Trinajstić information content (AvgIpc) is 2.69. The molecule has 0 aliphatic rings. The predicted octanol–water partition coefficient (Wildman–Crippen LogP) is 4.11. The van der Waals surface area contributed by atoms with Crippen molar-refractivity contribution in [1.82, 2.24) is 4.98 Å². The SMILES string of the molecule is Cc1nc(-c2ccc3ccccc3c2)oc1C. The lowest BCUT2D eigenvalue weighted by Crippen LogP contribution is -1.79. The monoisotopic (exact) mass is 223 g/mol. The van der Waals surface area contributed by atoms with Crippen LogP contribution in [0.4, 0.5) is 0 Å². The lowest BCUT2D eigenvalue weighted by molar-refractivity contribution is 0.541. The Morgan fingerprint density at radius 3 is 2.41 bits per heavy atom. The summed E-state index contributed by atoms with van der Waals surface area (Å²) < 4.78 is 5.64. The minimum absolute atomic E-state index is 0.700. The van der Waals surface area contributed by atoms with Crippen LogP contribution in [0.1, 0.15) is 11.5 Å². The molecule has 0 radical (unpaired) electrons. The first kappa shape index (κ1) is 10.1. The highest BCUT2D eigenvalue weighted by Crippen LogP contribution is 2.25. The number of oxazole rings is 1. The molecule has 0 unspecified atom stereocenters. The van der Waals surface area contributed by atoms with E-state index in [1.54, 1.807) is 0 Å². The molecule has 2 aromatic carbocycles. The predicted molar refractivity (Wildman–Crippen MR) is 68.9 cm³/mol. The maximum atomic E-state index is 5.64. The third-order valence-corrected chi connectivity index (χ3v) is 3.02. The van der Waals surface area contributed by atoms with E-state index in [1.807, 2.05) is 32.0 Å². The zero-order chi connectivity index (χ0) is 11.8. The van der Waals surface area contributed by atoms with Gasteiger partial charge in [0.05, 0.1) is 5.69 Å². The molecule has 84 valence electrons. The molecular formula is C15H13NO. The normalized spacial score (nSPS) is 10.9. The molecule has 0 amide bonds. The molecule has 2 nitrogen and oxygen atoms in total. The van der Waals surface area contributed by atoms with Gasteiger partial charge >= 0.3 is 0 Å². The van der Waals surface area contributed by atoms with Gasteiger partial charge in [-0.15, -0.1) is 0 Å². The van der Waals surface area contributed by atoms with Crippen LogP contribution >= 0.6 is 0 Å². The number of aryl methyl sites for hydroxylation is 2. The molecule has 0 fully saturated rings. The van der Waals surface area contributed by atoms with E-state index in [2.05, 4.69) is 29.2 Å². The number of aromatic nitrogens is 1. The largest absolute Gasteiger partial charge is 0.441 e. The summed E-state index contributed by atoms with van der Waals surface area (Å²) in [5.74, 6) is 1.58. The van der Waals surface area contributed by atoms with Gasteiger partial charge in [0.1, 0.15) is 5.76 Å². The topological polar surface area (TPSA) is 26.0 Å². The fraction of sp³-hybridized carbons (Fsp3) is 0.133. The molecule has 17 heavy (non-hydrogen) atoms. The van der Waals surface area contributed by atoms with E-state index >= 15 is 0 Å². The molecule has 0 saturated heterocycles. The summed E-state index contributed by atoms with van der Waals surface area (Å²) in [6, 6.07) is 14.5. The Morgan fingerprint density at radius 2 is 1.71 bits per heavy atom. The van der Waals surface area contributed by atoms with Crippen molar-refractivity contribution in [2.45, 2.75) is 13.8 Å². The molecule has 2 heteroatoms. The van der Waals surface area contributed by atoms with Crippen molar-refractivity contribution >= 4 is 10.8 Å². The number of hydrogen-bond acceptors (Lipinski definition) is 2. The smallest absolute Gasteiger partial charge is 0.226 e. The summed E-state index contributed by atoms with van der Waals surface area (Å²) in [6.45, 7) is 3.90. The summed E-state index contributed by atoms with van der Waals surface area (Å²) in [5.41, 5.74) is 1.98. The third kappa shape index (κ3) is 1.72. The molecule has 0 atom stereocenters. The standard InChI is InChI=1S/C15H13NO/c1-10-11(2)17-15(16-10)14-8-7-12-5-3-4-6-13(12)9-14/h3-9H,1-2H3. The minimum Gasteiger partial charge on any atom is -0.441 e. The molecule has 0 aliphatic heterocycles. The molecule has 0 saturated carbocycles. The molecule has 0 bridgehead atoms. The average molecular weight is 223 g/mol. The maximum absolute atomic E-state index is 5.64. The number of nitrogens with zero attached hydrogens (tertiary/aromatic N) is 1. The first-order valence-corrected chi connectivity index (χ1v) is 5.67. The first-order valence-electron chi connectivity index (χ1n) is 5.67. The second-order valence-electron chi connectivity index (χ2n) is 4.22. The molecule has 0 spiro atoms. The number of fused-ring (bicyclic) bond motifs is 1. The van der Waals surface area contributed by atoms with Gasteiger partial charge in [-0.3, -0.25) is 0 Å². The zero-order valence-corrected chi connectivity index (χ0v) is 9.90. The van der Waals surface area contributed by atoms with Crippen LogP contribution in [0.3, 0.4) is 0 Å². The van der Waals surface area contributed by atoms with Gasteiger partial charge in [-0.05, 0) is 36.8 Å². The second-order valence-corrected chi connectivity index (χ2v) is 4.22. The number of rotatable bonds is 1. The summed E-state index contributed by atoms with van der Waals surface area (Å²) in [5, 5.41) is 2.44. The Morgan fingerprint density at radius 1 is 0.941 bits per heavy atom. The van der Waals surface area contributed by atoms with Crippen LogP contribution in [0.5, 0.6) is 0 Å². The van der Waals surface area contributed by atoms with Crippen molar-refractivity contribution in [3.8, 4) is 11.5 Å². The van der Waals surface area contributed by atoms with Crippen LogP contribution in [-0.2, 0) is 0 Å². The second kappa shape index (κ2) is 3.74. The first-order chi connectivity index (χ1) is 8.24. The lowest BCUT2D eigenvalue weighted by atomic mass is 10.1. The van der Waals surface area contributed by atoms with E-state index in [-0.39, 0.29) is 0 Å². The van der Waals surface area contributed by atoms with Gasteiger partial charge in [0.15, 0.2) is 0 Å². The quantitative estimate of drug-likeness (QED) is 0.620. The van der Waals surface area contributed by atoms with E-state index in [9.17, 15) is 0 Å². The Labute approximate surface area is 99.9 Å². The van der Waals surface area contributed by atoms with Crippen molar-refractivity contribution in [2.75, 3.05) is 0 Å². The van der Waals surface area contributed by atoms with Crippen LogP contribution < -0.4 is 0 Å². The van der Waals surface area contributed by atoms with Crippen LogP contribution in [0.25, 0.3) is 22.2 Å². The Balaban J connectivity index is 2.17. The fourth-order valence-electron chi connectivity index (χ4n) is 1.92. The van der Waals surface area contributed by atoms with Gasteiger partial charge in [0.2, 0.25) is 5.89 Å². The lowest BCUT2D eigenvalue weighted by Gasteiger charge is -1.99. The van der Waals surface area contributed by atoms with Crippen molar-refractivity contribution in [1.29, 1.82) is 0 Å². The maximum Gasteiger partial charge on any atom is 0.226 e. The molecule has 0 N–H and O–H groups in total. The number of benzene rings is 2. The van der Waals surface area contributed by atoms with E-state index in [0.29, 0.717) is 5.89 Å². The molecule has 0 aliphatic carbocycles. The van der Waals surface area contributed by atoms with E-state index in [4.69, 9.17) is 4.42 Å². The summed E-state index contributed by atoms with van der Waals surface area (Å²) in [7, 11) is 0. The highest BCUT2D eigenvalue weighted by atomic mass is 16.4. The van der Waals surface area contributed by atoms with E-state index < -0.39 is 0 Å². The van der Waals surface area contributed by atoms with Crippen LogP contribution in [0.2, 0.25) is 0 Å². The molecule has 1 aromatic heterocycles. The van der Waals surface area contributed by atoms with Gasteiger partial charge in [0, 0.05) is 5.56 Å². The fourth-order valence-corrected chi connectivity index (χ4v) is 1.92. The van der Waals surface area contributed by atoms with E-state index in [0.717, 1.165) is 17.0 Å². The van der Waals surface area contributed by atoms with Crippen LogP contribution in [0, 0.1) is 13.8 Å². The van der Waals surface area contributed by atoms with Crippen molar-refractivity contribution in [2.24, 2.45) is 0 Å². The van der Waals surface area contributed by atoms with Gasteiger partial charge < -0.3 is 4.42 Å². The summed E-state index contributed by atoms with van der Waals surface area (Å²) in [4.78, 5) is 4.42. The van der Waals surface area contributed by atoms with Crippen molar-refractivity contribution in [3.63, 3.8) is 0 Å². The van der Waals surface area contributed by atoms with Gasteiger partial charge in [-0.25, -0.2) is 4.98 Å². The van der Waals surface area contributed by atoms with Crippen molar-refractivity contribution in [3.05, 3.63) is 53.9 Å². The summed E-state index contributed by atoms with van der Waals surface area (Å²) >= 11 is 0. The van der Waals surface area contributed by atoms with E-state index in [1.165, 1.54) is 10.8 Å².